The molecule has 0 aliphatic carbocycles. The smallest absolute Gasteiger partial charge is 0.240 e. The molecule has 22 heavy (non-hydrogen) atoms. The van der Waals surface area contributed by atoms with Crippen LogP contribution in [0.2, 0.25) is 0 Å². The van der Waals surface area contributed by atoms with Gasteiger partial charge in [0.05, 0.1) is 4.90 Å². The van der Waals surface area contributed by atoms with E-state index in [4.69, 9.17) is 0 Å². The van der Waals surface area contributed by atoms with E-state index in [0.717, 1.165) is 17.7 Å². The minimum Gasteiger partial charge on any atom is -0.259 e. The highest BCUT2D eigenvalue weighted by Gasteiger charge is 2.13. The first kappa shape index (κ1) is 16.8. The monoisotopic (exact) mass is 341 g/mol. The number of benzene rings is 2. The van der Waals surface area contributed by atoms with Crippen LogP contribution in [0.5, 0.6) is 0 Å². The summed E-state index contributed by atoms with van der Waals surface area (Å²) in [5, 5.41) is 0. The molecule has 0 saturated heterocycles. The Morgan fingerprint density at radius 1 is 1.00 bits per heavy atom. The molecule has 0 aliphatic heterocycles. The van der Waals surface area contributed by atoms with Gasteiger partial charge < -0.3 is 0 Å². The van der Waals surface area contributed by atoms with Gasteiger partial charge in [-0.05, 0) is 29.8 Å². The van der Waals surface area contributed by atoms with E-state index in [2.05, 4.69) is 4.72 Å². The fraction of sp³-hybridized carbons (Fsp3) is 0.200. The standard InChI is InChI=1S/C15H16FNO3S2/c16-14-6-8-15(9-7-14)22(19,20)17-10-11-21(18)12-13-4-2-1-3-5-13/h1-9,17H,10-12H2/t21-/m1/s1. The molecule has 0 amide bonds. The fourth-order valence-corrected chi connectivity index (χ4v) is 4.02. The third-order valence-electron chi connectivity index (χ3n) is 2.92. The van der Waals surface area contributed by atoms with E-state index in [1.165, 1.54) is 12.1 Å². The first-order valence-electron chi connectivity index (χ1n) is 6.61. The lowest BCUT2D eigenvalue weighted by Gasteiger charge is -2.07. The molecule has 1 atom stereocenters. The van der Waals surface area contributed by atoms with Crippen molar-refractivity contribution in [3.63, 3.8) is 0 Å². The summed E-state index contributed by atoms with van der Waals surface area (Å²) < 4.78 is 51.0. The summed E-state index contributed by atoms with van der Waals surface area (Å²) >= 11 is 0. The third-order valence-corrected chi connectivity index (χ3v) is 5.71. The molecule has 2 aromatic rings. The van der Waals surface area contributed by atoms with Crippen molar-refractivity contribution in [2.75, 3.05) is 12.3 Å². The van der Waals surface area contributed by atoms with Gasteiger partial charge in [0.1, 0.15) is 5.82 Å². The zero-order valence-electron chi connectivity index (χ0n) is 11.7. The topological polar surface area (TPSA) is 63.2 Å². The molecule has 0 aromatic heterocycles. The number of nitrogens with one attached hydrogen (secondary N) is 1. The first-order valence-corrected chi connectivity index (χ1v) is 9.58. The Kier molecular flexibility index (Phi) is 5.82. The summed E-state index contributed by atoms with van der Waals surface area (Å²) in [6, 6.07) is 13.9. The maximum Gasteiger partial charge on any atom is 0.240 e. The van der Waals surface area contributed by atoms with E-state index in [1.54, 1.807) is 0 Å². The van der Waals surface area contributed by atoms with Gasteiger partial charge in [-0.2, -0.15) is 0 Å². The van der Waals surface area contributed by atoms with Crippen LogP contribution in [0.4, 0.5) is 4.39 Å². The lowest BCUT2D eigenvalue weighted by Crippen LogP contribution is -2.28. The van der Waals surface area contributed by atoms with Crippen LogP contribution in [-0.4, -0.2) is 24.9 Å². The molecular formula is C15H16FNO3S2. The van der Waals surface area contributed by atoms with Crippen molar-refractivity contribution in [1.82, 2.24) is 4.72 Å². The lowest BCUT2D eigenvalue weighted by atomic mass is 10.2. The summed E-state index contributed by atoms with van der Waals surface area (Å²) in [7, 11) is -4.85. The Hall–Kier alpha value is -1.57. The van der Waals surface area contributed by atoms with Crippen LogP contribution in [0.25, 0.3) is 0 Å². The summed E-state index contributed by atoms with van der Waals surface area (Å²) in [5.41, 5.74) is 0.947. The number of halogens is 1. The molecular weight excluding hydrogens is 325 g/mol. The Balaban J connectivity index is 1.85. The van der Waals surface area contributed by atoms with Crippen molar-refractivity contribution >= 4 is 20.8 Å². The predicted octanol–water partition coefficient (Wildman–Crippen LogP) is 2.05. The second kappa shape index (κ2) is 7.62. The molecule has 0 fully saturated rings. The van der Waals surface area contributed by atoms with Crippen molar-refractivity contribution in [2.45, 2.75) is 10.6 Å². The molecule has 0 aliphatic rings. The largest absolute Gasteiger partial charge is 0.259 e. The van der Waals surface area contributed by atoms with Crippen LogP contribution in [-0.2, 0) is 26.6 Å². The fourth-order valence-electron chi connectivity index (χ4n) is 1.82. The van der Waals surface area contributed by atoms with Gasteiger partial charge in [-0.25, -0.2) is 17.5 Å². The first-order chi connectivity index (χ1) is 10.5. The summed E-state index contributed by atoms with van der Waals surface area (Å²) in [4.78, 5) is -0.0114. The molecule has 4 nitrogen and oxygen atoms in total. The molecule has 2 aromatic carbocycles. The molecule has 0 unspecified atom stereocenters. The maximum atomic E-state index is 12.8. The van der Waals surface area contributed by atoms with Crippen molar-refractivity contribution in [1.29, 1.82) is 0 Å². The molecule has 0 heterocycles. The highest BCUT2D eigenvalue weighted by Crippen LogP contribution is 2.09. The quantitative estimate of drug-likeness (QED) is 0.838. The van der Waals surface area contributed by atoms with Crippen LogP contribution < -0.4 is 4.72 Å². The average molecular weight is 341 g/mol. The van der Waals surface area contributed by atoms with Crippen LogP contribution in [0.3, 0.4) is 0 Å². The van der Waals surface area contributed by atoms with E-state index in [1.807, 2.05) is 30.3 Å². The Morgan fingerprint density at radius 2 is 1.64 bits per heavy atom. The van der Waals surface area contributed by atoms with Crippen molar-refractivity contribution in [3.8, 4) is 0 Å². The van der Waals surface area contributed by atoms with Crippen molar-refractivity contribution in [2.24, 2.45) is 0 Å². The van der Waals surface area contributed by atoms with Gasteiger partial charge in [-0.1, -0.05) is 30.3 Å². The summed E-state index contributed by atoms with van der Waals surface area (Å²) in [6.07, 6.45) is 0. The van der Waals surface area contributed by atoms with Gasteiger partial charge in [0.25, 0.3) is 0 Å². The Labute approximate surface area is 131 Å². The zero-order valence-corrected chi connectivity index (χ0v) is 13.4. The second-order valence-electron chi connectivity index (χ2n) is 4.63. The van der Waals surface area contributed by atoms with Gasteiger partial charge in [0, 0.05) is 28.9 Å². The highest BCUT2D eigenvalue weighted by molar-refractivity contribution is 7.89. The van der Waals surface area contributed by atoms with Gasteiger partial charge in [-0.15, -0.1) is 0 Å². The van der Waals surface area contributed by atoms with Gasteiger partial charge >= 0.3 is 0 Å². The maximum absolute atomic E-state index is 12.8. The van der Waals surface area contributed by atoms with Crippen LogP contribution in [0, 0.1) is 5.82 Å². The normalized spacial score (nSPS) is 13.0. The van der Waals surface area contributed by atoms with Gasteiger partial charge in [-0.3, -0.25) is 4.21 Å². The molecule has 1 N–H and O–H groups in total. The van der Waals surface area contributed by atoms with Crippen molar-refractivity contribution in [3.05, 3.63) is 66.0 Å². The van der Waals surface area contributed by atoms with E-state index in [0.29, 0.717) is 5.75 Å². The minimum absolute atomic E-state index is 0.0114. The molecule has 7 heteroatoms. The molecule has 118 valence electrons. The number of rotatable bonds is 7. The zero-order chi connectivity index (χ0) is 16.0. The Morgan fingerprint density at radius 3 is 2.27 bits per heavy atom. The van der Waals surface area contributed by atoms with E-state index in [-0.39, 0.29) is 17.2 Å². The molecule has 2 rings (SSSR count). The van der Waals surface area contributed by atoms with E-state index < -0.39 is 26.6 Å². The molecule has 0 bridgehead atoms. The molecule has 0 spiro atoms. The van der Waals surface area contributed by atoms with Gasteiger partial charge in [0.15, 0.2) is 0 Å². The van der Waals surface area contributed by atoms with Crippen LogP contribution in [0.15, 0.2) is 59.5 Å². The summed E-state index contributed by atoms with van der Waals surface area (Å²) in [5.74, 6) is 0.108. The van der Waals surface area contributed by atoms with Gasteiger partial charge in [0.2, 0.25) is 10.0 Å². The van der Waals surface area contributed by atoms with Crippen LogP contribution >= 0.6 is 0 Å². The predicted molar refractivity (Wildman–Crippen MR) is 84.7 cm³/mol. The molecule has 0 saturated carbocycles. The highest BCUT2D eigenvalue weighted by atomic mass is 32.2. The minimum atomic E-state index is -3.70. The average Bonchev–Trinajstić information content (AvgIpc) is 2.48. The third kappa shape index (κ3) is 5.01. The summed E-state index contributed by atoms with van der Waals surface area (Å²) in [6.45, 7) is 0.0686. The number of hydrogen-bond donors (Lipinski definition) is 1. The SMILES string of the molecule is O=[S@](CCNS(=O)(=O)c1ccc(F)cc1)Cc1ccccc1. The number of sulfonamides is 1. The van der Waals surface area contributed by atoms with Crippen molar-refractivity contribution < 1.29 is 17.0 Å². The number of hydrogen-bond acceptors (Lipinski definition) is 3. The molecule has 0 radical (unpaired) electrons. The Bertz CT molecular complexity index is 731. The lowest BCUT2D eigenvalue weighted by molar-refractivity contribution is 0.583. The van der Waals surface area contributed by atoms with E-state index >= 15 is 0 Å². The van der Waals surface area contributed by atoms with Crippen LogP contribution in [0.1, 0.15) is 5.56 Å². The van der Waals surface area contributed by atoms with E-state index in [9.17, 15) is 17.0 Å². The second-order valence-corrected chi connectivity index (χ2v) is 7.97.